The molecule has 4 rings (SSSR count). The number of benzene rings is 2. The molecule has 0 spiro atoms. The van der Waals surface area contributed by atoms with Crippen LogP contribution in [0.4, 0.5) is 0 Å². The molecule has 0 saturated heterocycles. The van der Waals surface area contributed by atoms with Crippen LogP contribution in [0.25, 0.3) is 11.1 Å². The van der Waals surface area contributed by atoms with Gasteiger partial charge in [-0.3, -0.25) is 0 Å². The second kappa shape index (κ2) is 6.72. The Balaban J connectivity index is 1.65. The van der Waals surface area contributed by atoms with E-state index in [-0.39, 0.29) is 4.90 Å². The predicted octanol–water partition coefficient (Wildman–Crippen LogP) is 4.25. The predicted molar refractivity (Wildman–Crippen MR) is 103 cm³/mol. The lowest BCUT2D eigenvalue weighted by molar-refractivity contribution is 0.486. The van der Waals surface area contributed by atoms with Crippen molar-refractivity contribution in [3.63, 3.8) is 0 Å². The van der Waals surface area contributed by atoms with Gasteiger partial charge in [0.1, 0.15) is 5.52 Å². The summed E-state index contributed by atoms with van der Waals surface area (Å²) in [6.45, 7) is 0. The molecule has 0 aliphatic heterocycles. The maximum absolute atomic E-state index is 12.3. The molecule has 1 aliphatic rings. The van der Waals surface area contributed by atoms with Crippen molar-refractivity contribution in [1.82, 2.24) is 9.29 Å². The topological polar surface area (TPSA) is 63.4 Å². The van der Waals surface area contributed by atoms with Gasteiger partial charge in [-0.2, -0.15) is 0 Å². The first-order chi connectivity index (χ1) is 12.4. The fourth-order valence-corrected chi connectivity index (χ4v) is 5.36. The minimum Gasteiger partial charge on any atom is -0.431 e. The molecule has 136 valence electrons. The molecular formula is C19H20N2O3S2. The summed E-state index contributed by atoms with van der Waals surface area (Å²) < 4.78 is 31.7. The third-order valence-corrected chi connectivity index (χ3v) is 7.64. The van der Waals surface area contributed by atoms with Crippen LogP contribution < -0.4 is 0 Å². The molecule has 0 bridgehead atoms. The van der Waals surface area contributed by atoms with Gasteiger partial charge in [0.25, 0.3) is 5.22 Å². The Morgan fingerprint density at radius 3 is 2.81 bits per heavy atom. The summed E-state index contributed by atoms with van der Waals surface area (Å²) in [6.07, 6.45) is 3.35. The summed E-state index contributed by atoms with van der Waals surface area (Å²) in [7, 11) is -0.445. The fraction of sp³-hybridized carbons (Fsp3) is 0.316. The largest absolute Gasteiger partial charge is 0.431 e. The van der Waals surface area contributed by atoms with Crippen LogP contribution in [0.15, 0.2) is 57.0 Å². The van der Waals surface area contributed by atoms with Crippen molar-refractivity contribution in [2.24, 2.45) is 0 Å². The molecule has 1 aliphatic carbocycles. The van der Waals surface area contributed by atoms with Crippen LogP contribution in [0.1, 0.15) is 29.2 Å². The number of aryl methyl sites for hydroxylation is 1. The summed E-state index contributed by atoms with van der Waals surface area (Å²) >= 11 is 1.61. The van der Waals surface area contributed by atoms with Crippen molar-refractivity contribution in [3.05, 3.63) is 53.6 Å². The van der Waals surface area contributed by atoms with Crippen molar-refractivity contribution in [2.75, 3.05) is 14.1 Å². The Hall–Kier alpha value is -1.83. The second-order valence-corrected chi connectivity index (χ2v) is 9.90. The first-order valence-corrected chi connectivity index (χ1v) is 10.8. The highest BCUT2D eigenvalue weighted by atomic mass is 32.2. The molecule has 2 aromatic carbocycles. The Bertz CT molecular complexity index is 1060. The number of hydrogen-bond donors (Lipinski definition) is 0. The van der Waals surface area contributed by atoms with Crippen LogP contribution in [0.3, 0.4) is 0 Å². The zero-order valence-corrected chi connectivity index (χ0v) is 16.3. The van der Waals surface area contributed by atoms with Gasteiger partial charge in [-0.05, 0) is 48.6 Å². The summed E-state index contributed by atoms with van der Waals surface area (Å²) in [5.41, 5.74) is 3.92. The lowest BCUT2D eigenvalue weighted by Gasteiger charge is -2.23. The molecule has 0 N–H and O–H groups in total. The Labute approximate surface area is 157 Å². The zero-order valence-electron chi connectivity index (χ0n) is 14.7. The molecule has 3 aromatic rings. The van der Waals surface area contributed by atoms with Crippen LogP contribution in [0.2, 0.25) is 0 Å². The lowest BCUT2D eigenvalue weighted by Crippen LogP contribution is -2.22. The minimum atomic E-state index is -3.48. The Morgan fingerprint density at radius 1 is 1.19 bits per heavy atom. The number of rotatable bonds is 4. The Morgan fingerprint density at radius 2 is 2.00 bits per heavy atom. The molecule has 1 unspecified atom stereocenters. The Kier molecular flexibility index (Phi) is 4.54. The van der Waals surface area contributed by atoms with Crippen LogP contribution in [-0.4, -0.2) is 31.8 Å². The first-order valence-electron chi connectivity index (χ1n) is 8.53. The summed E-state index contributed by atoms with van der Waals surface area (Å²) in [4.78, 5) is 4.75. The van der Waals surface area contributed by atoms with E-state index in [1.54, 1.807) is 30.0 Å². The van der Waals surface area contributed by atoms with Gasteiger partial charge in [-0.15, -0.1) is 0 Å². The van der Waals surface area contributed by atoms with Crippen molar-refractivity contribution < 1.29 is 12.8 Å². The zero-order chi connectivity index (χ0) is 18.3. The van der Waals surface area contributed by atoms with E-state index in [4.69, 9.17) is 4.42 Å². The minimum absolute atomic E-state index is 0.225. The molecule has 1 aromatic heterocycles. The molecular weight excluding hydrogens is 368 g/mol. The van der Waals surface area contributed by atoms with Gasteiger partial charge in [-0.25, -0.2) is 17.7 Å². The highest BCUT2D eigenvalue weighted by Gasteiger charge is 2.24. The van der Waals surface area contributed by atoms with E-state index in [1.165, 1.54) is 29.5 Å². The van der Waals surface area contributed by atoms with Crippen LogP contribution in [0, 0.1) is 0 Å². The molecule has 0 saturated carbocycles. The number of oxazole rings is 1. The normalized spacial score (nSPS) is 17.6. The van der Waals surface area contributed by atoms with Crippen molar-refractivity contribution in [3.8, 4) is 0 Å². The van der Waals surface area contributed by atoms with Gasteiger partial charge in [0, 0.05) is 19.3 Å². The number of nitrogens with zero attached hydrogens (tertiary/aromatic N) is 2. The van der Waals surface area contributed by atoms with E-state index in [9.17, 15) is 8.42 Å². The molecule has 26 heavy (non-hydrogen) atoms. The lowest BCUT2D eigenvalue weighted by atomic mass is 9.91. The van der Waals surface area contributed by atoms with Crippen LogP contribution >= 0.6 is 11.8 Å². The van der Waals surface area contributed by atoms with Crippen molar-refractivity contribution in [1.29, 1.82) is 0 Å². The van der Waals surface area contributed by atoms with E-state index in [0.717, 1.165) is 19.3 Å². The van der Waals surface area contributed by atoms with Gasteiger partial charge in [0.05, 0.1) is 4.90 Å². The van der Waals surface area contributed by atoms with Gasteiger partial charge in [0.15, 0.2) is 5.58 Å². The fourth-order valence-electron chi connectivity index (χ4n) is 3.26. The molecule has 7 heteroatoms. The highest BCUT2D eigenvalue weighted by molar-refractivity contribution is 7.99. The van der Waals surface area contributed by atoms with E-state index in [1.807, 2.05) is 0 Å². The van der Waals surface area contributed by atoms with Crippen LogP contribution in [-0.2, 0) is 16.4 Å². The summed E-state index contributed by atoms with van der Waals surface area (Å²) in [5.74, 6) is 0. The van der Waals surface area contributed by atoms with Crippen LogP contribution in [0.5, 0.6) is 0 Å². The van der Waals surface area contributed by atoms with E-state index >= 15 is 0 Å². The quantitative estimate of drug-likeness (QED) is 0.669. The molecule has 1 atom stereocenters. The highest BCUT2D eigenvalue weighted by Crippen LogP contribution is 2.43. The maximum atomic E-state index is 12.3. The number of hydrogen-bond acceptors (Lipinski definition) is 5. The standard InChI is InChI=1S/C19H20N2O3S2/c1-21(2)26(22,23)14-10-11-17-16(12-14)20-19(24-17)25-18-9-5-7-13-6-3-4-8-15(13)18/h3-4,6,8,10-12,18H,5,7,9H2,1-2H3. The third-order valence-electron chi connectivity index (χ3n) is 4.68. The van der Waals surface area contributed by atoms with Crippen molar-refractivity contribution >= 4 is 32.9 Å². The average molecular weight is 389 g/mol. The second-order valence-electron chi connectivity index (χ2n) is 6.59. The SMILES string of the molecule is CN(C)S(=O)(=O)c1ccc2oc(SC3CCCc4ccccc43)nc2c1. The van der Waals surface area contributed by atoms with Gasteiger partial charge in [-0.1, -0.05) is 36.0 Å². The number of sulfonamides is 1. The third kappa shape index (κ3) is 3.15. The average Bonchev–Trinajstić information content (AvgIpc) is 3.03. The van der Waals surface area contributed by atoms with E-state index in [2.05, 4.69) is 29.2 Å². The molecule has 0 radical (unpaired) electrons. The number of fused-ring (bicyclic) bond motifs is 2. The van der Waals surface area contributed by atoms with E-state index in [0.29, 0.717) is 21.6 Å². The van der Waals surface area contributed by atoms with Gasteiger partial charge >= 0.3 is 0 Å². The smallest absolute Gasteiger partial charge is 0.257 e. The number of aromatic nitrogens is 1. The van der Waals surface area contributed by atoms with Crippen molar-refractivity contribution in [2.45, 2.75) is 34.6 Å². The summed E-state index contributed by atoms with van der Waals surface area (Å²) in [6, 6.07) is 13.3. The monoisotopic (exact) mass is 388 g/mol. The number of thioether (sulfide) groups is 1. The first kappa shape index (κ1) is 17.6. The molecule has 0 fully saturated rings. The van der Waals surface area contributed by atoms with Gasteiger partial charge in [0.2, 0.25) is 10.0 Å². The maximum Gasteiger partial charge on any atom is 0.257 e. The van der Waals surface area contributed by atoms with Gasteiger partial charge < -0.3 is 4.42 Å². The summed E-state index contributed by atoms with van der Waals surface area (Å²) in [5, 5.41) is 0.902. The molecule has 5 nitrogen and oxygen atoms in total. The molecule has 1 heterocycles. The molecule has 0 amide bonds. The van der Waals surface area contributed by atoms with E-state index < -0.39 is 10.0 Å².